The molecule has 0 atom stereocenters. The summed E-state index contributed by atoms with van der Waals surface area (Å²) in [5.41, 5.74) is 6.12. The highest BCUT2D eigenvalue weighted by atomic mass is 15.0. The molecule has 0 aliphatic rings. The molecule has 1 aromatic rings. The highest BCUT2D eigenvalue weighted by molar-refractivity contribution is 5.60. The summed E-state index contributed by atoms with van der Waals surface area (Å²) in [4.78, 5) is 7.52. The lowest BCUT2D eigenvalue weighted by Gasteiger charge is -2.00. The molecule has 0 aliphatic heterocycles. The zero-order valence-electron chi connectivity index (χ0n) is 5.41. The van der Waals surface area contributed by atoms with Gasteiger partial charge in [-0.2, -0.15) is 0 Å². The topological polar surface area (TPSA) is 63.8 Å². The molecule has 4 nitrogen and oxygen atoms in total. The van der Waals surface area contributed by atoms with Crippen molar-refractivity contribution < 1.29 is 0 Å². The first-order valence-corrected chi connectivity index (χ1v) is 2.77. The fourth-order valence-electron chi connectivity index (χ4n) is 0.560. The summed E-state index contributed by atoms with van der Waals surface area (Å²) >= 11 is 0. The van der Waals surface area contributed by atoms with Crippen molar-refractivity contribution in [3.8, 4) is 0 Å². The zero-order valence-corrected chi connectivity index (χ0v) is 5.41. The second-order valence-corrected chi connectivity index (χ2v) is 1.67. The zero-order chi connectivity index (χ0) is 7.40. The maximum Gasteiger partial charge on any atom is 0.150 e. The van der Waals surface area contributed by atoms with Gasteiger partial charge in [-0.1, -0.05) is 6.58 Å². The predicted molar refractivity (Wildman–Crippen MR) is 40.3 cm³/mol. The molecule has 0 saturated carbocycles. The highest BCUT2D eigenvalue weighted by Crippen LogP contribution is 2.10. The van der Waals surface area contributed by atoms with E-state index in [2.05, 4.69) is 21.9 Å². The highest BCUT2D eigenvalue weighted by Gasteiger charge is 1.93. The number of rotatable bonds is 2. The van der Waals surface area contributed by atoms with Crippen LogP contribution in [0.3, 0.4) is 0 Å². The Bertz CT molecular complexity index is 233. The van der Waals surface area contributed by atoms with Crippen LogP contribution >= 0.6 is 0 Å². The number of anilines is 2. The third-order valence-electron chi connectivity index (χ3n) is 1.00. The molecule has 0 aliphatic carbocycles. The van der Waals surface area contributed by atoms with Crippen LogP contribution in [0.5, 0.6) is 0 Å². The van der Waals surface area contributed by atoms with Gasteiger partial charge in [0.05, 0.1) is 11.9 Å². The second kappa shape index (κ2) is 2.82. The van der Waals surface area contributed by atoms with E-state index in [1.54, 1.807) is 6.20 Å². The standard InChI is InChI=1S/C6H8N4/c1-2-9-5-3-8-4-10-6(5)7/h2-4,9H,1H2,(H2,7,8,10). The molecule has 0 fully saturated rings. The van der Waals surface area contributed by atoms with E-state index >= 15 is 0 Å². The lowest BCUT2D eigenvalue weighted by Crippen LogP contribution is -1.97. The van der Waals surface area contributed by atoms with Gasteiger partial charge in [0.15, 0.2) is 5.82 Å². The number of nitrogens with zero attached hydrogens (tertiary/aromatic N) is 2. The maximum absolute atomic E-state index is 5.45. The lowest BCUT2D eigenvalue weighted by molar-refractivity contribution is 1.18. The van der Waals surface area contributed by atoms with Crippen molar-refractivity contribution in [1.82, 2.24) is 9.97 Å². The van der Waals surface area contributed by atoms with Crippen molar-refractivity contribution in [2.24, 2.45) is 0 Å². The molecule has 0 bridgehead atoms. The Labute approximate surface area is 58.8 Å². The van der Waals surface area contributed by atoms with E-state index in [0.29, 0.717) is 11.5 Å². The summed E-state index contributed by atoms with van der Waals surface area (Å²) in [5, 5.41) is 2.79. The molecule has 3 N–H and O–H groups in total. The van der Waals surface area contributed by atoms with Gasteiger partial charge >= 0.3 is 0 Å². The first kappa shape index (κ1) is 6.54. The summed E-state index contributed by atoms with van der Waals surface area (Å²) in [6, 6.07) is 0. The number of nitrogen functional groups attached to an aromatic ring is 1. The summed E-state index contributed by atoms with van der Waals surface area (Å²) in [6.07, 6.45) is 4.50. The summed E-state index contributed by atoms with van der Waals surface area (Å²) < 4.78 is 0. The van der Waals surface area contributed by atoms with Gasteiger partial charge in [0, 0.05) is 0 Å². The number of aromatic nitrogens is 2. The Morgan fingerprint density at radius 3 is 3.10 bits per heavy atom. The number of hydrogen-bond donors (Lipinski definition) is 2. The van der Waals surface area contributed by atoms with E-state index < -0.39 is 0 Å². The molecule has 1 rings (SSSR count). The number of hydrogen-bond acceptors (Lipinski definition) is 4. The van der Waals surface area contributed by atoms with Crippen LogP contribution in [0.4, 0.5) is 11.5 Å². The van der Waals surface area contributed by atoms with Crippen molar-refractivity contribution in [3.63, 3.8) is 0 Å². The molecule has 10 heavy (non-hydrogen) atoms. The Morgan fingerprint density at radius 2 is 2.50 bits per heavy atom. The minimum absolute atomic E-state index is 0.426. The van der Waals surface area contributed by atoms with Gasteiger partial charge in [0.1, 0.15) is 6.33 Å². The van der Waals surface area contributed by atoms with Crippen LogP contribution in [0.15, 0.2) is 25.3 Å². The van der Waals surface area contributed by atoms with Crippen molar-refractivity contribution in [3.05, 3.63) is 25.3 Å². The first-order chi connectivity index (χ1) is 4.84. The van der Waals surface area contributed by atoms with Gasteiger partial charge in [-0.15, -0.1) is 0 Å². The van der Waals surface area contributed by atoms with Crippen molar-refractivity contribution >= 4 is 11.5 Å². The van der Waals surface area contributed by atoms with Gasteiger partial charge < -0.3 is 11.1 Å². The average molecular weight is 136 g/mol. The molecular formula is C6H8N4. The van der Waals surface area contributed by atoms with Gasteiger partial charge in [0.2, 0.25) is 0 Å². The van der Waals surface area contributed by atoms with E-state index in [9.17, 15) is 0 Å². The Morgan fingerprint density at radius 1 is 1.70 bits per heavy atom. The molecular weight excluding hydrogens is 128 g/mol. The SMILES string of the molecule is C=CNc1cncnc1N. The van der Waals surface area contributed by atoms with Crippen LogP contribution in [0.25, 0.3) is 0 Å². The Hall–Kier alpha value is -1.58. The third kappa shape index (κ3) is 1.22. The smallest absolute Gasteiger partial charge is 0.150 e. The van der Waals surface area contributed by atoms with Gasteiger partial charge in [-0.05, 0) is 6.20 Å². The normalized spacial score (nSPS) is 8.80. The van der Waals surface area contributed by atoms with E-state index in [1.807, 2.05) is 0 Å². The van der Waals surface area contributed by atoms with E-state index in [4.69, 9.17) is 5.73 Å². The maximum atomic E-state index is 5.45. The van der Waals surface area contributed by atoms with E-state index in [-0.39, 0.29) is 0 Å². The average Bonchev–Trinajstić information content (AvgIpc) is 1.94. The van der Waals surface area contributed by atoms with Crippen LogP contribution in [-0.4, -0.2) is 9.97 Å². The molecule has 4 heteroatoms. The fourth-order valence-corrected chi connectivity index (χ4v) is 0.560. The fraction of sp³-hybridized carbons (Fsp3) is 0. The molecule has 0 saturated heterocycles. The molecule has 0 radical (unpaired) electrons. The van der Waals surface area contributed by atoms with Crippen LogP contribution < -0.4 is 11.1 Å². The molecule has 52 valence electrons. The van der Waals surface area contributed by atoms with Crippen LogP contribution in [0.1, 0.15) is 0 Å². The van der Waals surface area contributed by atoms with Gasteiger partial charge in [-0.3, -0.25) is 0 Å². The summed E-state index contributed by atoms with van der Waals surface area (Å²) in [5.74, 6) is 0.426. The van der Waals surface area contributed by atoms with Crippen molar-refractivity contribution in [2.75, 3.05) is 11.1 Å². The summed E-state index contributed by atoms with van der Waals surface area (Å²) in [6.45, 7) is 3.47. The molecule has 0 spiro atoms. The van der Waals surface area contributed by atoms with Crippen LogP contribution in [-0.2, 0) is 0 Å². The predicted octanol–water partition coefficient (Wildman–Crippen LogP) is 0.614. The molecule has 0 amide bonds. The molecule has 0 unspecified atom stereocenters. The van der Waals surface area contributed by atoms with Crippen LogP contribution in [0, 0.1) is 0 Å². The van der Waals surface area contributed by atoms with Crippen molar-refractivity contribution in [2.45, 2.75) is 0 Å². The first-order valence-electron chi connectivity index (χ1n) is 2.77. The molecule has 1 aromatic heterocycles. The van der Waals surface area contributed by atoms with Gasteiger partial charge in [-0.25, -0.2) is 9.97 Å². The number of nitrogens with one attached hydrogen (secondary N) is 1. The van der Waals surface area contributed by atoms with E-state index in [0.717, 1.165) is 0 Å². The summed E-state index contributed by atoms with van der Waals surface area (Å²) in [7, 11) is 0. The van der Waals surface area contributed by atoms with Crippen molar-refractivity contribution in [1.29, 1.82) is 0 Å². The minimum Gasteiger partial charge on any atom is -0.382 e. The molecule has 0 aromatic carbocycles. The van der Waals surface area contributed by atoms with Crippen LogP contribution in [0.2, 0.25) is 0 Å². The van der Waals surface area contributed by atoms with E-state index in [1.165, 1.54) is 12.5 Å². The Balaban J connectivity index is 2.91. The third-order valence-corrected chi connectivity index (χ3v) is 1.00. The number of nitrogens with two attached hydrogens (primary N) is 1. The largest absolute Gasteiger partial charge is 0.382 e. The minimum atomic E-state index is 0.426. The van der Waals surface area contributed by atoms with Gasteiger partial charge in [0.25, 0.3) is 0 Å². The lowest BCUT2D eigenvalue weighted by atomic mass is 10.5. The quantitative estimate of drug-likeness (QED) is 0.625. The second-order valence-electron chi connectivity index (χ2n) is 1.67. The monoisotopic (exact) mass is 136 g/mol. The Kier molecular flexibility index (Phi) is 1.84. The molecule has 1 heterocycles.